The second-order valence-corrected chi connectivity index (χ2v) is 7.15. The first-order valence-electron chi connectivity index (χ1n) is 8.75. The molecule has 3 aromatic rings. The number of amides is 1. The second kappa shape index (κ2) is 8.84. The minimum Gasteiger partial charge on any atom is -0.452 e. The van der Waals surface area contributed by atoms with Crippen LogP contribution in [-0.4, -0.2) is 28.3 Å². The molecule has 0 radical (unpaired) electrons. The lowest BCUT2D eigenvalue weighted by atomic mass is 10.2. The third-order valence-corrected chi connectivity index (χ3v) is 4.93. The molecule has 0 aliphatic carbocycles. The van der Waals surface area contributed by atoms with Gasteiger partial charge >= 0.3 is 5.97 Å². The molecule has 0 saturated heterocycles. The largest absolute Gasteiger partial charge is 0.452 e. The van der Waals surface area contributed by atoms with Crippen LogP contribution in [0.3, 0.4) is 0 Å². The van der Waals surface area contributed by atoms with Crippen molar-refractivity contribution in [3.05, 3.63) is 81.6 Å². The molecule has 0 fully saturated rings. The highest BCUT2D eigenvalue weighted by Crippen LogP contribution is 2.21. The fourth-order valence-electron chi connectivity index (χ4n) is 2.85. The summed E-state index contributed by atoms with van der Waals surface area (Å²) in [5.74, 6) is -0.969. The summed E-state index contributed by atoms with van der Waals surface area (Å²) < 4.78 is 7.73. The first-order valence-corrected chi connectivity index (χ1v) is 9.54. The zero-order valence-corrected chi connectivity index (χ0v) is 17.2. The molecule has 3 rings (SSSR count). The number of ether oxygens (including phenoxy) is 1. The van der Waals surface area contributed by atoms with Gasteiger partial charge in [0.15, 0.2) is 6.61 Å². The number of hydrogen-bond donors (Lipinski definition) is 1. The van der Waals surface area contributed by atoms with Gasteiger partial charge in [-0.3, -0.25) is 9.48 Å². The van der Waals surface area contributed by atoms with E-state index in [1.54, 1.807) is 23.7 Å². The average Bonchev–Trinajstić information content (AvgIpc) is 2.96. The Morgan fingerprint density at radius 1 is 1.07 bits per heavy atom. The van der Waals surface area contributed by atoms with E-state index in [4.69, 9.17) is 4.74 Å². The fraction of sp³-hybridized carbons (Fsp3) is 0.190. The van der Waals surface area contributed by atoms with Crippen molar-refractivity contribution in [1.82, 2.24) is 9.78 Å². The standard InChI is InChI=1S/C21H20BrN3O3/c1-14-20(15(2)25(24-14)12-16-8-4-3-5-9-16)21(27)28-13-19(26)23-18-11-7-6-10-17(18)22/h3-11H,12-13H2,1-2H3,(H,23,26). The summed E-state index contributed by atoms with van der Waals surface area (Å²) >= 11 is 3.36. The maximum absolute atomic E-state index is 12.5. The molecule has 0 unspecified atom stereocenters. The summed E-state index contributed by atoms with van der Waals surface area (Å²) in [5.41, 5.74) is 3.37. The van der Waals surface area contributed by atoms with Gasteiger partial charge in [-0.2, -0.15) is 5.10 Å². The van der Waals surface area contributed by atoms with Crippen LogP contribution in [0.4, 0.5) is 5.69 Å². The highest BCUT2D eigenvalue weighted by atomic mass is 79.9. The summed E-state index contributed by atoms with van der Waals surface area (Å²) in [7, 11) is 0. The van der Waals surface area contributed by atoms with Crippen molar-refractivity contribution >= 4 is 33.5 Å². The molecule has 0 atom stereocenters. The normalized spacial score (nSPS) is 10.5. The molecule has 0 bridgehead atoms. The second-order valence-electron chi connectivity index (χ2n) is 6.29. The number of benzene rings is 2. The van der Waals surface area contributed by atoms with Gasteiger partial charge in [-0.05, 0) is 47.5 Å². The summed E-state index contributed by atoms with van der Waals surface area (Å²) in [6.45, 7) is 3.76. The molecule has 1 amide bonds. The SMILES string of the molecule is Cc1nn(Cc2ccccc2)c(C)c1C(=O)OCC(=O)Nc1ccccc1Br. The molecule has 0 saturated carbocycles. The van der Waals surface area contributed by atoms with Crippen molar-refractivity contribution in [2.24, 2.45) is 0 Å². The van der Waals surface area contributed by atoms with E-state index in [9.17, 15) is 9.59 Å². The third-order valence-electron chi connectivity index (χ3n) is 4.24. The van der Waals surface area contributed by atoms with E-state index in [0.29, 0.717) is 29.2 Å². The van der Waals surface area contributed by atoms with Gasteiger partial charge in [0.2, 0.25) is 0 Å². The Morgan fingerprint density at radius 3 is 2.46 bits per heavy atom. The molecule has 144 valence electrons. The lowest BCUT2D eigenvalue weighted by molar-refractivity contribution is -0.119. The number of aryl methyl sites for hydroxylation is 1. The predicted octanol–water partition coefficient (Wildman–Crippen LogP) is 4.11. The molecule has 1 aromatic heterocycles. The highest BCUT2D eigenvalue weighted by molar-refractivity contribution is 9.10. The number of anilines is 1. The summed E-state index contributed by atoms with van der Waals surface area (Å²) in [4.78, 5) is 24.6. The monoisotopic (exact) mass is 441 g/mol. The Hall–Kier alpha value is -2.93. The number of esters is 1. The van der Waals surface area contributed by atoms with E-state index in [2.05, 4.69) is 26.3 Å². The van der Waals surface area contributed by atoms with E-state index in [-0.39, 0.29) is 6.61 Å². The Bertz CT molecular complexity index is 999. The van der Waals surface area contributed by atoms with Crippen LogP contribution in [0.2, 0.25) is 0 Å². The van der Waals surface area contributed by atoms with E-state index in [1.165, 1.54) is 0 Å². The Kier molecular flexibility index (Phi) is 6.26. The first kappa shape index (κ1) is 19.8. The van der Waals surface area contributed by atoms with Gasteiger partial charge in [-0.25, -0.2) is 4.79 Å². The maximum atomic E-state index is 12.5. The predicted molar refractivity (Wildman–Crippen MR) is 110 cm³/mol. The Morgan fingerprint density at radius 2 is 1.75 bits per heavy atom. The molecule has 7 heteroatoms. The first-order chi connectivity index (χ1) is 13.5. The van der Waals surface area contributed by atoms with Crippen molar-refractivity contribution in [1.29, 1.82) is 0 Å². The van der Waals surface area contributed by atoms with Crippen molar-refractivity contribution in [3.63, 3.8) is 0 Å². The van der Waals surface area contributed by atoms with Crippen molar-refractivity contribution in [3.8, 4) is 0 Å². The molecular formula is C21H20BrN3O3. The van der Waals surface area contributed by atoms with Gasteiger partial charge in [0.05, 0.1) is 23.6 Å². The number of nitrogens with zero attached hydrogens (tertiary/aromatic N) is 2. The molecule has 28 heavy (non-hydrogen) atoms. The molecule has 2 aromatic carbocycles. The zero-order valence-electron chi connectivity index (χ0n) is 15.6. The van der Waals surface area contributed by atoms with Crippen molar-refractivity contribution in [2.45, 2.75) is 20.4 Å². The lowest BCUT2D eigenvalue weighted by Crippen LogP contribution is -2.21. The number of halogens is 1. The number of para-hydroxylation sites is 1. The van der Waals surface area contributed by atoms with Crippen LogP contribution < -0.4 is 5.32 Å². The number of nitrogens with one attached hydrogen (secondary N) is 1. The van der Waals surface area contributed by atoms with E-state index < -0.39 is 11.9 Å². The number of carbonyl (C=O) groups is 2. The summed E-state index contributed by atoms with van der Waals surface area (Å²) in [5, 5.41) is 7.14. The van der Waals surface area contributed by atoms with E-state index in [1.807, 2.05) is 49.4 Å². The van der Waals surface area contributed by atoms with E-state index in [0.717, 1.165) is 10.0 Å². The van der Waals surface area contributed by atoms with Crippen LogP contribution in [0.5, 0.6) is 0 Å². The smallest absolute Gasteiger partial charge is 0.342 e. The molecule has 6 nitrogen and oxygen atoms in total. The topological polar surface area (TPSA) is 73.2 Å². The quantitative estimate of drug-likeness (QED) is 0.584. The highest BCUT2D eigenvalue weighted by Gasteiger charge is 2.21. The summed E-state index contributed by atoms with van der Waals surface area (Å²) in [6.07, 6.45) is 0. The number of carbonyl (C=O) groups excluding carboxylic acids is 2. The maximum Gasteiger partial charge on any atom is 0.342 e. The van der Waals surface area contributed by atoms with Crippen molar-refractivity contribution in [2.75, 3.05) is 11.9 Å². The molecule has 1 N–H and O–H groups in total. The van der Waals surface area contributed by atoms with Crippen LogP contribution in [0, 0.1) is 13.8 Å². The zero-order chi connectivity index (χ0) is 20.1. The molecule has 0 spiro atoms. The number of hydrogen-bond acceptors (Lipinski definition) is 4. The van der Waals surface area contributed by atoms with E-state index >= 15 is 0 Å². The number of aromatic nitrogens is 2. The fourth-order valence-corrected chi connectivity index (χ4v) is 3.24. The van der Waals surface area contributed by atoms with Crippen LogP contribution in [0.1, 0.15) is 27.3 Å². The minimum atomic E-state index is -0.559. The van der Waals surface area contributed by atoms with Gasteiger partial charge in [0.25, 0.3) is 5.91 Å². The van der Waals surface area contributed by atoms with Crippen LogP contribution in [0.15, 0.2) is 59.1 Å². The van der Waals surface area contributed by atoms with Gasteiger partial charge in [-0.1, -0.05) is 42.5 Å². The van der Waals surface area contributed by atoms with Crippen LogP contribution in [-0.2, 0) is 16.1 Å². The van der Waals surface area contributed by atoms with Crippen LogP contribution in [0.25, 0.3) is 0 Å². The van der Waals surface area contributed by atoms with Gasteiger partial charge in [-0.15, -0.1) is 0 Å². The van der Waals surface area contributed by atoms with Crippen LogP contribution >= 0.6 is 15.9 Å². The minimum absolute atomic E-state index is 0.372. The Balaban J connectivity index is 1.64. The third kappa shape index (κ3) is 4.67. The Labute approximate surface area is 171 Å². The molecule has 0 aliphatic heterocycles. The number of rotatable bonds is 6. The average molecular weight is 442 g/mol. The summed E-state index contributed by atoms with van der Waals surface area (Å²) in [6, 6.07) is 17.1. The van der Waals surface area contributed by atoms with Gasteiger partial charge < -0.3 is 10.1 Å². The molecular weight excluding hydrogens is 422 g/mol. The van der Waals surface area contributed by atoms with Crippen molar-refractivity contribution < 1.29 is 14.3 Å². The van der Waals surface area contributed by atoms with Gasteiger partial charge in [0.1, 0.15) is 5.56 Å². The molecule has 0 aliphatic rings. The lowest BCUT2D eigenvalue weighted by Gasteiger charge is -2.08. The molecule has 1 heterocycles. The van der Waals surface area contributed by atoms with Gasteiger partial charge in [0, 0.05) is 4.47 Å².